The molecule has 0 spiro atoms. The molecule has 2 rings (SSSR count). The Bertz CT molecular complexity index is 809. The smallest absolute Gasteiger partial charge is 0.340 e. The summed E-state index contributed by atoms with van der Waals surface area (Å²) in [6.45, 7) is -0.628. The van der Waals surface area contributed by atoms with E-state index in [9.17, 15) is 19.7 Å². The normalized spacial score (nSPS) is 10.0. The minimum absolute atomic E-state index is 0.00539. The zero-order valence-corrected chi connectivity index (χ0v) is 12.9. The van der Waals surface area contributed by atoms with E-state index in [1.165, 1.54) is 42.5 Å². The molecule has 1 amide bonds. The number of ether oxygens (including phenoxy) is 1. The number of hydrogen-bond acceptors (Lipinski definition) is 6. The first-order valence-corrected chi connectivity index (χ1v) is 7.01. The van der Waals surface area contributed by atoms with Crippen molar-refractivity contribution >= 4 is 40.5 Å². The maximum absolute atomic E-state index is 11.9. The van der Waals surface area contributed by atoms with E-state index in [4.69, 9.17) is 22.1 Å². The number of rotatable bonds is 5. The molecule has 3 N–H and O–H groups in total. The average Bonchev–Trinajstić information content (AvgIpc) is 2.55. The van der Waals surface area contributed by atoms with E-state index in [0.29, 0.717) is 5.02 Å². The number of anilines is 2. The van der Waals surface area contributed by atoms with Crippen molar-refractivity contribution < 1.29 is 19.2 Å². The van der Waals surface area contributed by atoms with Gasteiger partial charge >= 0.3 is 5.97 Å². The third-order valence-corrected chi connectivity index (χ3v) is 3.18. The van der Waals surface area contributed by atoms with Crippen molar-refractivity contribution in [2.75, 3.05) is 17.7 Å². The molecule has 0 aliphatic rings. The molecule has 2 aromatic carbocycles. The molecule has 0 fully saturated rings. The number of halogens is 1. The Kier molecular flexibility index (Phi) is 5.33. The summed E-state index contributed by atoms with van der Waals surface area (Å²) >= 11 is 5.77. The summed E-state index contributed by atoms with van der Waals surface area (Å²) in [6.07, 6.45) is 0. The second-order valence-electron chi connectivity index (χ2n) is 4.63. The van der Waals surface area contributed by atoms with Crippen molar-refractivity contribution in [3.05, 3.63) is 63.2 Å². The van der Waals surface area contributed by atoms with Crippen LogP contribution in [0.25, 0.3) is 0 Å². The molecule has 0 radical (unpaired) electrons. The zero-order valence-electron chi connectivity index (χ0n) is 12.2. The summed E-state index contributed by atoms with van der Waals surface area (Å²) in [5, 5.41) is 13.5. The lowest BCUT2D eigenvalue weighted by Gasteiger charge is -2.08. The number of nitro groups is 1. The fourth-order valence-corrected chi connectivity index (χ4v) is 2.01. The zero-order chi connectivity index (χ0) is 17.7. The number of nitrogens with two attached hydrogens (primary N) is 1. The van der Waals surface area contributed by atoms with Crippen LogP contribution in [0.5, 0.6) is 0 Å². The molecule has 0 aromatic heterocycles. The van der Waals surface area contributed by atoms with Crippen LogP contribution < -0.4 is 11.1 Å². The molecule has 0 saturated carbocycles. The molecule has 0 heterocycles. The van der Waals surface area contributed by atoms with Crippen LogP contribution >= 0.6 is 11.6 Å². The first-order chi connectivity index (χ1) is 11.4. The van der Waals surface area contributed by atoms with E-state index in [1.807, 2.05) is 0 Å². The Morgan fingerprint density at radius 1 is 1.25 bits per heavy atom. The van der Waals surface area contributed by atoms with E-state index < -0.39 is 23.4 Å². The minimum Gasteiger partial charge on any atom is -0.452 e. The number of carbonyl (C=O) groups excluding carboxylic acids is 2. The highest BCUT2D eigenvalue weighted by molar-refractivity contribution is 6.31. The Hall–Kier alpha value is -3.13. The van der Waals surface area contributed by atoms with Crippen LogP contribution in [-0.4, -0.2) is 23.4 Å². The molecular weight excluding hydrogens is 338 g/mol. The van der Waals surface area contributed by atoms with Crippen LogP contribution in [0, 0.1) is 10.1 Å². The SMILES string of the molecule is Nc1ccc(Cl)cc1C(=O)OCC(=O)Nc1ccccc1[N+](=O)[O-]. The molecule has 0 aliphatic carbocycles. The number of carbonyl (C=O) groups is 2. The summed E-state index contributed by atoms with van der Waals surface area (Å²) < 4.78 is 4.84. The lowest BCUT2D eigenvalue weighted by molar-refractivity contribution is -0.383. The highest BCUT2D eigenvalue weighted by Crippen LogP contribution is 2.23. The van der Waals surface area contributed by atoms with Crippen LogP contribution in [0.3, 0.4) is 0 Å². The number of nitrogen functional groups attached to an aromatic ring is 1. The Morgan fingerprint density at radius 3 is 2.67 bits per heavy atom. The maximum Gasteiger partial charge on any atom is 0.340 e. The summed E-state index contributed by atoms with van der Waals surface area (Å²) in [4.78, 5) is 33.9. The molecule has 9 heteroatoms. The van der Waals surface area contributed by atoms with E-state index in [2.05, 4.69) is 5.32 Å². The van der Waals surface area contributed by atoms with Crippen molar-refractivity contribution in [3.8, 4) is 0 Å². The van der Waals surface area contributed by atoms with E-state index in [1.54, 1.807) is 0 Å². The minimum atomic E-state index is -0.826. The molecule has 0 bridgehead atoms. The second kappa shape index (κ2) is 7.42. The van der Waals surface area contributed by atoms with Crippen molar-refractivity contribution in [1.82, 2.24) is 0 Å². The van der Waals surface area contributed by atoms with Crippen molar-refractivity contribution in [1.29, 1.82) is 0 Å². The van der Waals surface area contributed by atoms with Crippen molar-refractivity contribution in [3.63, 3.8) is 0 Å². The molecule has 0 atom stereocenters. The Morgan fingerprint density at radius 2 is 1.96 bits per heavy atom. The lowest BCUT2D eigenvalue weighted by Crippen LogP contribution is -2.21. The van der Waals surface area contributed by atoms with Crippen LogP contribution in [0.2, 0.25) is 5.02 Å². The largest absolute Gasteiger partial charge is 0.452 e. The number of hydrogen-bond donors (Lipinski definition) is 2. The van der Waals surface area contributed by atoms with E-state index in [-0.39, 0.29) is 22.6 Å². The number of para-hydroxylation sites is 2. The average molecular weight is 350 g/mol. The van der Waals surface area contributed by atoms with Crippen LogP contribution in [0.15, 0.2) is 42.5 Å². The van der Waals surface area contributed by atoms with Gasteiger partial charge in [-0.3, -0.25) is 14.9 Å². The number of nitrogens with zero attached hydrogens (tertiary/aromatic N) is 1. The number of nitro benzene ring substituents is 1. The summed E-state index contributed by atoms with van der Waals surface area (Å²) in [5.41, 5.74) is 5.56. The van der Waals surface area contributed by atoms with Crippen LogP contribution in [0.4, 0.5) is 17.1 Å². The van der Waals surface area contributed by atoms with Gasteiger partial charge in [0.1, 0.15) is 5.69 Å². The van der Waals surface area contributed by atoms with Gasteiger partial charge in [0.05, 0.1) is 10.5 Å². The molecule has 0 saturated heterocycles. The van der Waals surface area contributed by atoms with Gasteiger partial charge in [0, 0.05) is 16.8 Å². The first kappa shape index (κ1) is 17.2. The van der Waals surface area contributed by atoms with Gasteiger partial charge in [-0.25, -0.2) is 4.79 Å². The summed E-state index contributed by atoms with van der Waals surface area (Å²) in [6, 6.07) is 9.87. The third-order valence-electron chi connectivity index (χ3n) is 2.94. The first-order valence-electron chi connectivity index (χ1n) is 6.64. The van der Waals surface area contributed by atoms with Crippen LogP contribution in [0.1, 0.15) is 10.4 Å². The summed E-state index contributed by atoms with van der Waals surface area (Å²) in [5.74, 6) is -1.55. The Balaban J connectivity index is 2.00. The predicted octanol–water partition coefficient (Wildman–Crippen LogP) is 2.63. The lowest BCUT2D eigenvalue weighted by atomic mass is 10.2. The van der Waals surface area contributed by atoms with E-state index >= 15 is 0 Å². The van der Waals surface area contributed by atoms with Gasteiger partial charge < -0.3 is 15.8 Å². The molecule has 124 valence electrons. The molecule has 24 heavy (non-hydrogen) atoms. The highest BCUT2D eigenvalue weighted by Gasteiger charge is 2.17. The fourth-order valence-electron chi connectivity index (χ4n) is 1.84. The molecule has 0 aliphatic heterocycles. The highest BCUT2D eigenvalue weighted by atomic mass is 35.5. The van der Waals surface area contributed by atoms with Crippen molar-refractivity contribution in [2.24, 2.45) is 0 Å². The second-order valence-corrected chi connectivity index (χ2v) is 5.07. The summed E-state index contributed by atoms with van der Waals surface area (Å²) in [7, 11) is 0. The van der Waals surface area contributed by atoms with Gasteiger partial charge in [0.25, 0.3) is 11.6 Å². The third kappa shape index (κ3) is 4.20. The number of amides is 1. The number of nitrogens with one attached hydrogen (secondary N) is 1. The van der Waals surface area contributed by atoms with Crippen LogP contribution in [-0.2, 0) is 9.53 Å². The van der Waals surface area contributed by atoms with Gasteiger partial charge in [0.2, 0.25) is 0 Å². The number of benzene rings is 2. The maximum atomic E-state index is 11.9. The van der Waals surface area contributed by atoms with Gasteiger partial charge in [-0.05, 0) is 24.3 Å². The van der Waals surface area contributed by atoms with Gasteiger partial charge in [-0.1, -0.05) is 23.7 Å². The molecule has 0 unspecified atom stereocenters. The standard InChI is InChI=1S/C15H12ClN3O5/c16-9-5-6-11(17)10(7-9)15(21)24-8-14(20)18-12-3-1-2-4-13(12)19(22)23/h1-7H,8,17H2,(H,18,20). The van der Waals surface area contributed by atoms with Gasteiger partial charge in [0.15, 0.2) is 6.61 Å². The number of esters is 1. The monoisotopic (exact) mass is 349 g/mol. The topological polar surface area (TPSA) is 125 Å². The van der Waals surface area contributed by atoms with Crippen molar-refractivity contribution in [2.45, 2.75) is 0 Å². The fraction of sp³-hybridized carbons (Fsp3) is 0.0667. The predicted molar refractivity (Wildman–Crippen MR) is 87.9 cm³/mol. The van der Waals surface area contributed by atoms with Gasteiger partial charge in [-0.2, -0.15) is 0 Å². The Labute approximate surface area is 141 Å². The molecule has 2 aromatic rings. The quantitative estimate of drug-likeness (QED) is 0.370. The van der Waals surface area contributed by atoms with Gasteiger partial charge in [-0.15, -0.1) is 0 Å². The molecular formula is C15H12ClN3O5. The molecule has 8 nitrogen and oxygen atoms in total. The van der Waals surface area contributed by atoms with E-state index in [0.717, 1.165) is 0 Å².